The van der Waals surface area contributed by atoms with Gasteiger partial charge in [0.2, 0.25) is 0 Å². The Bertz CT molecular complexity index is 2060. The van der Waals surface area contributed by atoms with Gasteiger partial charge in [0.1, 0.15) is 51.4 Å². The summed E-state index contributed by atoms with van der Waals surface area (Å²) in [7, 11) is 4.17. The van der Waals surface area contributed by atoms with Crippen LogP contribution >= 0.6 is 0 Å². The Kier molecular flexibility index (Phi) is 13.5. The molecule has 52 heavy (non-hydrogen) atoms. The Balaban J connectivity index is 0.000000251. The Morgan fingerprint density at radius 1 is 0.635 bits per heavy atom. The molecule has 0 radical (unpaired) electrons. The molecular formula is C40H35NO11. The van der Waals surface area contributed by atoms with Crippen LogP contribution < -0.4 is 14.2 Å². The molecule has 0 unspecified atom stereocenters. The molecule has 0 aliphatic heterocycles. The lowest BCUT2D eigenvalue weighted by molar-refractivity contribution is -0.384. The van der Waals surface area contributed by atoms with Crippen molar-refractivity contribution in [3.8, 4) is 34.5 Å². The fraction of sp³-hybridized carbons (Fsp3) is 0.100. The van der Waals surface area contributed by atoms with E-state index in [1.54, 1.807) is 79.7 Å². The van der Waals surface area contributed by atoms with Gasteiger partial charge < -0.3 is 33.5 Å². The van der Waals surface area contributed by atoms with E-state index in [4.69, 9.17) is 28.4 Å². The molecule has 5 aromatic carbocycles. The van der Waals surface area contributed by atoms with Crippen LogP contribution in [-0.2, 0) is 23.8 Å². The summed E-state index contributed by atoms with van der Waals surface area (Å²) < 4.78 is 32.4. The fourth-order valence-electron chi connectivity index (χ4n) is 4.66. The van der Waals surface area contributed by atoms with Crippen LogP contribution in [0.1, 0.15) is 18.1 Å². The first-order valence-electron chi connectivity index (χ1n) is 15.6. The molecule has 266 valence electrons. The van der Waals surface area contributed by atoms with Crippen molar-refractivity contribution in [2.75, 3.05) is 21.3 Å². The summed E-state index contributed by atoms with van der Waals surface area (Å²) in [6, 6.07) is 35.8. The van der Waals surface area contributed by atoms with Gasteiger partial charge in [0.25, 0.3) is 5.69 Å². The molecular weight excluding hydrogens is 670 g/mol. The van der Waals surface area contributed by atoms with Gasteiger partial charge in [-0.2, -0.15) is 0 Å². The van der Waals surface area contributed by atoms with Crippen LogP contribution in [-0.4, -0.2) is 43.3 Å². The molecule has 0 aliphatic carbocycles. The average molecular weight is 706 g/mol. The van der Waals surface area contributed by atoms with Crippen LogP contribution in [0.5, 0.6) is 34.5 Å². The van der Waals surface area contributed by atoms with E-state index in [-0.39, 0.29) is 16.8 Å². The number of rotatable bonds is 13. The maximum absolute atomic E-state index is 12.1. The third-order valence-electron chi connectivity index (χ3n) is 7.13. The van der Waals surface area contributed by atoms with Crippen LogP contribution in [0.3, 0.4) is 0 Å². The summed E-state index contributed by atoms with van der Waals surface area (Å²) in [5, 5.41) is 20.2. The number of hydrogen-bond donors (Lipinski definition) is 1. The van der Waals surface area contributed by atoms with Gasteiger partial charge in [-0.1, -0.05) is 60.7 Å². The maximum atomic E-state index is 12.1. The van der Waals surface area contributed by atoms with Crippen LogP contribution in [0.4, 0.5) is 5.69 Å². The quantitative estimate of drug-likeness (QED) is 0.0410. The maximum Gasteiger partial charge on any atom is 0.341 e. The van der Waals surface area contributed by atoms with Gasteiger partial charge in [0.05, 0.1) is 32.5 Å². The molecule has 0 bridgehead atoms. The predicted octanol–water partition coefficient (Wildman–Crippen LogP) is 9.28. The zero-order valence-corrected chi connectivity index (χ0v) is 28.7. The Hall–Kier alpha value is -7.08. The van der Waals surface area contributed by atoms with Crippen molar-refractivity contribution in [2.24, 2.45) is 0 Å². The minimum Gasteiger partial charge on any atom is -0.503 e. The number of esters is 1. The third kappa shape index (κ3) is 10.2. The average Bonchev–Trinajstić information content (AvgIpc) is 3.15. The molecule has 0 heterocycles. The Morgan fingerprint density at radius 2 is 1.15 bits per heavy atom. The van der Waals surface area contributed by atoms with E-state index in [0.29, 0.717) is 51.4 Å². The third-order valence-corrected chi connectivity index (χ3v) is 7.13. The van der Waals surface area contributed by atoms with Crippen LogP contribution in [0.15, 0.2) is 139 Å². The number of allylic oxidation sites excluding steroid dienone is 1. The zero-order chi connectivity index (χ0) is 37.5. The molecule has 0 saturated carbocycles. The van der Waals surface area contributed by atoms with Crippen molar-refractivity contribution in [3.63, 3.8) is 0 Å². The largest absolute Gasteiger partial charge is 0.503 e. The van der Waals surface area contributed by atoms with Gasteiger partial charge in [0, 0.05) is 29.3 Å². The highest BCUT2D eigenvalue weighted by molar-refractivity contribution is 6.17. The number of aliphatic carboxylic acids is 1. The lowest BCUT2D eigenvalue weighted by atomic mass is 10.0. The summed E-state index contributed by atoms with van der Waals surface area (Å²) in [5.74, 6) is 1.63. The molecule has 5 aromatic rings. The van der Waals surface area contributed by atoms with E-state index in [0.717, 1.165) is 0 Å². The number of nitrogens with zero attached hydrogens (tertiary/aromatic N) is 1. The first-order valence-corrected chi connectivity index (χ1v) is 15.6. The van der Waals surface area contributed by atoms with Gasteiger partial charge in [-0.15, -0.1) is 0 Å². The number of non-ortho nitro benzene ring substituents is 1. The second-order valence-corrected chi connectivity index (χ2v) is 10.5. The predicted molar refractivity (Wildman–Crippen MR) is 193 cm³/mol. The first kappa shape index (κ1) is 37.7. The van der Waals surface area contributed by atoms with Gasteiger partial charge in [-0.05, 0) is 55.5 Å². The lowest BCUT2D eigenvalue weighted by Gasteiger charge is -2.13. The second kappa shape index (κ2) is 18.6. The number of nitro benzene ring substituents is 1. The van der Waals surface area contributed by atoms with Gasteiger partial charge in [0.15, 0.2) is 0 Å². The van der Waals surface area contributed by atoms with E-state index in [1.165, 1.54) is 51.9 Å². The fourth-order valence-corrected chi connectivity index (χ4v) is 4.66. The number of carboxylic acids is 1. The highest BCUT2D eigenvalue weighted by atomic mass is 16.6. The standard InChI is InChI=1S/C23H19NO7.C17H16O4/c1-28-15-21(23(25)29-2)20-8-3-4-9-22(20)31-19-7-5-6-18(14-19)30-17-12-10-16(11-13-17)24(26)27;1-12(20-2)16(17(18)19)14-10-6-7-11-15(14)21-13-8-4-3-5-9-13/h3-15H,1-2H3;3-11H,1-2H3,(H,18,19)/b21-15+;16-12+. The molecule has 0 saturated heterocycles. The summed E-state index contributed by atoms with van der Waals surface area (Å²) >= 11 is 0. The second-order valence-electron chi connectivity index (χ2n) is 10.5. The molecule has 12 nitrogen and oxygen atoms in total. The normalized spacial score (nSPS) is 11.1. The number of nitro groups is 1. The van der Waals surface area contributed by atoms with Gasteiger partial charge >= 0.3 is 11.9 Å². The molecule has 0 fully saturated rings. The van der Waals surface area contributed by atoms with Crippen molar-refractivity contribution >= 4 is 28.8 Å². The van der Waals surface area contributed by atoms with E-state index >= 15 is 0 Å². The van der Waals surface area contributed by atoms with E-state index in [2.05, 4.69) is 0 Å². The van der Waals surface area contributed by atoms with E-state index in [9.17, 15) is 24.8 Å². The smallest absolute Gasteiger partial charge is 0.341 e. The van der Waals surface area contributed by atoms with Crippen LogP contribution in [0.2, 0.25) is 0 Å². The number of ether oxygens (including phenoxy) is 6. The molecule has 5 rings (SSSR count). The van der Waals surface area contributed by atoms with Crippen LogP contribution in [0.25, 0.3) is 11.1 Å². The summed E-state index contributed by atoms with van der Waals surface area (Å²) in [4.78, 5) is 34.0. The van der Waals surface area contributed by atoms with Gasteiger partial charge in [-0.25, -0.2) is 9.59 Å². The number of hydrogen-bond acceptors (Lipinski definition) is 10. The SMILES string of the molecule is CO/C(C)=C(/C(=O)O)c1ccccc1Oc1ccccc1.CO/C=C(/C(=O)OC)c1ccccc1Oc1cccc(Oc2ccc([N+](=O)[O-])cc2)c1. The number of para-hydroxylation sites is 3. The van der Waals surface area contributed by atoms with E-state index < -0.39 is 16.9 Å². The first-order chi connectivity index (χ1) is 25.1. The van der Waals surface area contributed by atoms with E-state index in [1.807, 2.05) is 30.3 Å². The Labute approximate surface area is 299 Å². The number of carbonyl (C=O) groups excluding carboxylic acids is 1. The molecule has 0 atom stereocenters. The van der Waals surface area contributed by atoms with Crippen molar-refractivity contribution in [2.45, 2.75) is 6.92 Å². The lowest BCUT2D eigenvalue weighted by Crippen LogP contribution is -2.05. The number of carboxylic acid groups (broad SMARTS) is 1. The van der Waals surface area contributed by atoms with Crippen molar-refractivity contribution < 1.29 is 48.0 Å². The van der Waals surface area contributed by atoms with Crippen molar-refractivity contribution in [1.82, 2.24) is 0 Å². The molecule has 12 heteroatoms. The number of carbonyl (C=O) groups is 2. The monoisotopic (exact) mass is 705 g/mol. The molecule has 0 aromatic heterocycles. The summed E-state index contributed by atoms with van der Waals surface area (Å²) in [6.07, 6.45) is 1.29. The molecule has 0 amide bonds. The zero-order valence-electron chi connectivity index (χ0n) is 28.7. The van der Waals surface area contributed by atoms with Crippen molar-refractivity contribution in [1.29, 1.82) is 0 Å². The van der Waals surface area contributed by atoms with Crippen molar-refractivity contribution in [3.05, 3.63) is 161 Å². The summed E-state index contributed by atoms with van der Waals surface area (Å²) in [5.41, 5.74) is 1.25. The molecule has 1 N–H and O–H groups in total. The summed E-state index contributed by atoms with van der Waals surface area (Å²) in [6.45, 7) is 1.61. The van der Waals surface area contributed by atoms with Gasteiger partial charge in [-0.3, -0.25) is 10.1 Å². The number of methoxy groups -OCH3 is 3. The van der Waals surface area contributed by atoms with Crippen LogP contribution in [0, 0.1) is 10.1 Å². The Morgan fingerprint density at radius 3 is 1.73 bits per heavy atom. The molecule has 0 spiro atoms. The minimum atomic E-state index is -1.06. The highest BCUT2D eigenvalue weighted by Gasteiger charge is 2.20. The number of benzene rings is 5. The molecule has 0 aliphatic rings. The topological polar surface area (TPSA) is 153 Å². The highest BCUT2D eigenvalue weighted by Crippen LogP contribution is 2.34. The minimum absolute atomic E-state index is 0.0217.